The maximum atomic E-state index is 12.5. The van der Waals surface area contributed by atoms with E-state index in [9.17, 15) is 4.79 Å². The molecule has 1 amide bonds. The van der Waals surface area contributed by atoms with Gasteiger partial charge in [-0.1, -0.05) is 0 Å². The summed E-state index contributed by atoms with van der Waals surface area (Å²) in [7, 11) is 0. The number of nitrogens with zero attached hydrogens (tertiary/aromatic N) is 1. The summed E-state index contributed by atoms with van der Waals surface area (Å²) >= 11 is 5.84. The Morgan fingerprint density at radius 3 is 2.95 bits per heavy atom. The van der Waals surface area contributed by atoms with Crippen molar-refractivity contribution in [1.82, 2.24) is 4.90 Å². The van der Waals surface area contributed by atoms with Gasteiger partial charge in [0.2, 0.25) is 6.79 Å². The van der Waals surface area contributed by atoms with Gasteiger partial charge in [-0.2, -0.15) is 0 Å². The Bertz CT molecular complexity index is 522. The third-order valence-electron chi connectivity index (χ3n) is 3.41. The van der Waals surface area contributed by atoms with Crippen molar-refractivity contribution in [2.45, 2.75) is 19.1 Å². The number of carbonyl (C=O) groups is 1. The normalized spacial score (nSPS) is 24.8. The monoisotopic (exact) mass is 297 g/mol. The van der Waals surface area contributed by atoms with E-state index >= 15 is 0 Å². The Morgan fingerprint density at radius 1 is 1.35 bits per heavy atom. The Labute approximate surface area is 122 Å². The standard InChI is InChI=1S/C14H16ClNO4/c1-9-6-16(7-11(5-15)20-9)14(17)10-2-3-12-13(4-10)19-8-18-12/h2-4,9,11H,5-8H2,1H3. The van der Waals surface area contributed by atoms with Crippen LogP contribution in [-0.4, -0.2) is 48.8 Å². The van der Waals surface area contributed by atoms with Crippen LogP contribution in [0, 0.1) is 0 Å². The summed E-state index contributed by atoms with van der Waals surface area (Å²) in [6.07, 6.45) is -0.121. The van der Waals surface area contributed by atoms with Crippen molar-refractivity contribution in [3.63, 3.8) is 0 Å². The molecular weight excluding hydrogens is 282 g/mol. The predicted octanol–water partition coefficient (Wildman–Crippen LogP) is 1.88. The van der Waals surface area contributed by atoms with Crippen molar-refractivity contribution in [3.8, 4) is 11.5 Å². The number of rotatable bonds is 2. The molecule has 20 heavy (non-hydrogen) atoms. The fourth-order valence-corrected chi connectivity index (χ4v) is 2.68. The predicted molar refractivity (Wildman–Crippen MR) is 73.5 cm³/mol. The van der Waals surface area contributed by atoms with E-state index in [1.165, 1.54) is 0 Å². The SMILES string of the molecule is CC1CN(C(=O)c2ccc3c(c2)OCO3)CC(CCl)O1. The van der Waals surface area contributed by atoms with Crippen molar-refractivity contribution in [2.24, 2.45) is 0 Å². The molecule has 6 heteroatoms. The van der Waals surface area contributed by atoms with E-state index in [4.69, 9.17) is 25.8 Å². The number of amides is 1. The van der Waals surface area contributed by atoms with Crippen molar-refractivity contribution in [2.75, 3.05) is 25.8 Å². The van der Waals surface area contributed by atoms with Crippen molar-refractivity contribution in [1.29, 1.82) is 0 Å². The molecule has 2 unspecified atom stereocenters. The average Bonchev–Trinajstić information content (AvgIpc) is 2.93. The summed E-state index contributed by atoms with van der Waals surface area (Å²) in [6, 6.07) is 5.24. The number of carbonyl (C=O) groups excluding carboxylic acids is 1. The van der Waals surface area contributed by atoms with E-state index in [0.717, 1.165) is 0 Å². The highest BCUT2D eigenvalue weighted by atomic mass is 35.5. The van der Waals surface area contributed by atoms with Crippen LogP contribution in [0.1, 0.15) is 17.3 Å². The first-order valence-corrected chi connectivity index (χ1v) is 7.11. The van der Waals surface area contributed by atoms with Crippen LogP contribution in [0.25, 0.3) is 0 Å². The van der Waals surface area contributed by atoms with E-state index in [2.05, 4.69) is 0 Å². The molecule has 0 radical (unpaired) electrons. The number of benzene rings is 1. The van der Waals surface area contributed by atoms with Crippen LogP contribution < -0.4 is 9.47 Å². The minimum absolute atomic E-state index is 0.00883. The Kier molecular flexibility index (Phi) is 3.72. The van der Waals surface area contributed by atoms with Gasteiger partial charge in [-0.05, 0) is 25.1 Å². The van der Waals surface area contributed by atoms with Crippen LogP contribution in [0.15, 0.2) is 18.2 Å². The molecule has 2 atom stereocenters. The summed E-state index contributed by atoms with van der Waals surface area (Å²) < 4.78 is 16.2. The molecule has 3 rings (SSSR count). The fourth-order valence-electron chi connectivity index (χ4n) is 2.51. The number of alkyl halides is 1. The van der Waals surface area contributed by atoms with Crippen LogP contribution in [0.2, 0.25) is 0 Å². The van der Waals surface area contributed by atoms with Gasteiger partial charge in [0.1, 0.15) is 0 Å². The molecule has 108 valence electrons. The maximum absolute atomic E-state index is 12.5. The number of halogens is 1. The maximum Gasteiger partial charge on any atom is 0.254 e. The molecule has 0 bridgehead atoms. The lowest BCUT2D eigenvalue weighted by atomic mass is 10.1. The first-order chi connectivity index (χ1) is 9.67. The Balaban J connectivity index is 1.78. The minimum Gasteiger partial charge on any atom is -0.454 e. The second-order valence-electron chi connectivity index (χ2n) is 5.00. The molecule has 1 aromatic carbocycles. The van der Waals surface area contributed by atoms with Crippen molar-refractivity contribution < 1.29 is 19.0 Å². The van der Waals surface area contributed by atoms with Crippen LogP contribution in [-0.2, 0) is 4.74 Å². The topological polar surface area (TPSA) is 48.0 Å². The largest absolute Gasteiger partial charge is 0.454 e. The number of ether oxygens (including phenoxy) is 3. The van der Waals surface area contributed by atoms with Crippen molar-refractivity contribution in [3.05, 3.63) is 23.8 Å². The molecule has 2 aliphatic heterocycles. The molecule has 0 N–H and O–H groups in total. The third kappa shape index (κ3) is 2.55. The zero-order valence-corrected chi connectivity index (χ0v) is 11.9. The molecule has 1 aromatic rings. The number of fused-ring (bicyclic) bond motifs is 1. The van der Waals surface area contributed by atoms with Gasteiger partial charge >= 0.3 is 0 Å². The van der Waals surface area contributed by atoms with E-state index < -0.39 is 0 Å². The third-order valence-corrected chi connectivity index (χ3v) is 3.75. The van der Waals surface area contributed by atoms with Gasteiger partial charge in [0.15, 0.2) is 11.5 Å². The van der Waals surface area contributed by atoms with E-state index in [1.807, 2.05) is 6.92 Å². The van der Waals surface area contributed by atoms with Gasteiger partial charge in [0.25, 0.3) is 5.91 Å². The van der Waals surface area contributed by atoms with Gasteiger partial charge in [-0.25, -0.2) is 0 Å². The van der Waals surface area contributed by atoms with Crippen molar-refractivity contribution >= 4 is 17.5 Å². The molecular formula is C14H16ClNO4. The zero-order valence-electron chi connectivity index (χ0n) is 11.2. The smallest absolute Gasteiger partial charge is 0.254 e. The lowest BCUT2D eigenvalue weighted by molar-refractivity contribution is -0.0570. The molecule has 0 aliphatic carbocycles. The van der Waals surface area contributed by atoms with Crippen LogP contribution in [0.3, 0.4) is 0 Å². The van der Waals surface area contributed by atoms with Gasteiger partial charge in [0.05, 0.1) is 18.1 Å². The highest BCUT2D eigenvalue weighted by molar-refractivity contribution is 6.18. The quantitative estimate of drug-likeness (QED) is 0.782. The summed E-state index contributed by atoms with van der Waals surface area (Å²) in [6.45, 7) is 3.23. The number of morpholine rings is 1. The second kappa shape index (κ2) is 5.50. The van der Waals surface area contributed by atoms with Crippen LogP contribution in [0.4, 0.5) is 0 Å². The molecule has 1 fully saturated rings. The van der Waals surface area contributed by atoms with E-state index in [1.54, 1.807) is 23.1 Å². The van der Waals surface area contributed by atoms with Gasteiger partial charge in [-0.3, -0.25) is 4.79 Å². The highest BCUT2D eigenvalue weighted by Crippen LogP contribution is 2.33. The molecule has 2 aliphatic rings. The fraction of sp³-hybridized carbons (Fsp3) is 0.500. The Morgan fingerprint density at radius 2 is 2.15 bits per heavy atom. The summed E-state index contributed by atoms with van der Waals surface area (Å²) in [5.41, 5.74) is 0.594. The summed E-state index contributed by atoms with van der Waals surface area (Å²) in [4.78, 5) is 14.3. The number of hydrogen-bond acceptors (Lipinski definition) is 4. The average molecular weight is 298 g/mol. The lowest BCUT2D eigenvalue weighted by Crippen LogP contribution is -2.49. The van der Waals surface area contributed by atoms with Gasteiger partial charge < -0.3 is 19.1 Å². The molecule has 5 nitrogen and oxygen atoms in total. The summed E-state index contributed by atoms with van der Waals surface area (Å²) in [5.74, 6) is 1.64. The molecule has 0 aromatic heterocycles. The summed E-state index contributed by atoms with van der Waals surface area (Å²) in [5, 5.41) is 0. The zero-order chi connectivity index (χ0) is 14.1. The molecule has 0 saturated carbocycles. The molecule has 0 spiro atoms. The van der Waals surface area contributed by atoms with Gasteiger partial charge in [0, 0.05) is 18.7 Å². The second-order valence-corrected chi connectivity index (χ2v) is 5.31. The van der Waals surface area contributed by atoms with Crippen LogP contribution >= 0.6 is 11.6 Å². The molecule has 1 saturated heterocycles. The number of hydrogen-bond donors (Lipinski definition) is 0. The van der Waals surface area contributed by atoms with Crippen LogP contribution in [0.5, 0.6) is 11.5 Å². The minimum atomic E-state index is -0.113. The lowest BCUT2D eigenvalue weighted by Gasteiger charge is -2.36. The first kappa shape index (κ1) is 13.5. The van der Waals surface area contributed by atoms with E-state index in [0.29, 0.717) is 36.0 Å². The first-order valence-electron chi connectivity index (χ1n) is 6.57. The van der Waals surface area contributed by atoms with Gasteiger partial charge in [-0.15, -0.1) is 11.6 Å². The highest BCUT2D eigenvalue weighted by Gasteiger charge is 2.29. The Hall–Kier alpha value is -1.46. The van der Waals surface area contributed by atoms with E-state index in [-0.39, 0.29) is 24.9 Å². The molecule has 2 heterocycles.